The number of anilines is 1. The topological polar surface area (TPSA) is 83.9 Å². The fourth-order valence-electron chi connectivity index (χ4n) is 7.94. The van der Waals surface area contributed by atoms with Crippen molar-refractivity contribution in [3.05, 3.63) is 41.3 Å². The van der Waals surface area contributed by atoms with E-state index in [1.165, 1.54) is 11.1 Å². The Morgan fingerprint density at radius 3 is 2.56 bits per heavy atom. The SMILES string of the molecule is CN1CCC[C@H]1COc1nc(N2C[C@H]3CC[C@@H](C2)N3C(=O)OC(C)(C)C)c2cnc(-c3cccc4c3C(C)(C)CC4)c(F)c2n1. The van der Waals surface area contributed by atoms with Crippen LogP contribution < -0.4 is 9.64 Å². The molecule has 10 heteroatoms. The van der Waals surface area contributed by atoms with Crippen molar-refractivity contribution in [1.29, 1.82) is 0 Å². The lowest BCUT2D eigenvalue weighted by atomic mass is 9.82. The molecule has 0 spiro atoms. The predicted molar refractivity (Wildman–Crippen MR) is 172 cm³/mol. The van der Waals surface area contributed by atoms with Gasteiger partial charge in [-0.05, 0) is 89.4 Å². The van der Waals surface area contributed by atoms with Crippen molar-refractivity contribution in [3.8, 4) is 17.3 Å². The van der Waals surface area contributed by atoms with Gasteiger partial charge in [0.15, 0.2) is 5.82 Å². The summed E-state index contributed by atoms with van der Waals surface area (Å²) in [4.78, 5) is 33.8. The van der Waals surface area contributed by atoms with Crippen molar-refractivity contribution in [1.82, 2.24) is 24.8 Å². The monoisotopic (exact) mass is 616 g/mol. The number of pyridine rings is 1. The molecule has 3 aliphatic heterocycles. The second kappa shape index (κ2) is 11.1. The third-order valence-electron chi connectivity index (χ3n) is 10.2. The molecule has 0 radical (unpaired) electrons. The molecule has 1 aliphatic carbocycles. The summed E-state index contributed by atoms with van der Waals surface area (Å²) in [5, 5.41) is 0.554. The molecule has 45 heavy (non-hydrogen) atoms. The van der Waals surface area contributed by atoms with Gasteiger partial charge in [0.1, 0.15) is 29.2 Å². The van der Waals surface area contributed by atoms with Crippen LogP contribution in [-0.4, -0.2) is 87.9 Å². The van der Waals surface area contributed by atoms with Gasteiger partial charge in [0.2, 0.25) is 0 Å². The van der Waals surface area contributed by atoms with Gasteiger partial charge in [0.25, 0.3) is 0 Å². The molecule has 7 rings (SSSR count). The molecule has 3 fully saturated rings. The first kappa shape index (κ1) is 30.1. The number of aromatic nitrogens is 3. The van der Waals surface area contributed by atoms with Crippen molar-refractivity contribution in [2.75, 3.05) is 38.2 Å². The number of nitrogens with zero attached hydrogens (tertiary/aromatic N) is 6. The first-order valence-corrected chi connectivity index (χ1v) is 16.5. The van der Waals surface area contributed by atoms with E-state index in [0.717, 1.165) is 50.6 Å². The maximum absolute atomic E-state index is 16.8. The first-order valence-electron chi connectivity index (χ1n) is 16.5. The Kier molecular flexibility index (Phi) is 7.41. The van der Waals surface area contributed by atoms with Crippen LogP contribution >= 0.6 is 0 Å². The molecule has 4 aliphatic rings. The van der Waals surface area contributed by atoms with E-state index in [0.29, 0.717) is 36.6 Å². The number of hydrogen-bond donors (Lipinski definition) is 0. The smallest absolute Gasteiger partial charge is 0.410 e. The quantitative estimate of drug-likeness (QED) is 0.339. The fourth-order valence-corrected chi connectivity index (χ4v) is 7.94. The minimum atomic E-state index is -0.564. The molecule has 3 atom stereocenters. The van der Waals surface area contributed by atoms with Gasteiger partial charge in [-0.15, -0.1) is 0 Å². The number of likely N-dealkylation sites (tertiary alicyclic amines) is 1. The van der Waals surface area contributed by atoms with Crippen LogP contribution in [0.15, 0.2) is 24.4 Å². The van der Waals surface area contributed by atoms with Gasteiger partial charge in [0, 0.05) is 30.9 Å². The second-order valence-corrected chi connectivity index (χ2v) is 15.0. The minimum absolute atomic E-state index is 0.0219. The Morgan fingerprint density at radius 2 is 1.87 bits per heavy atom. The van der Waals surface area contributed by atoms with E-state index in [1.807, 2.05) is 37.8 Å². The lowest BCUT2D eigenvalue weighted by Crippen LogP contribution is -2.57. The van der Waals surface area contributed by atoms with Gasteiger partial charge in [-0.1, -0.05) is 32.0 Å². The van der Waals surface area contributed by atoms with Crippen molar-refractivity contribution in [2.45, 2.75) is 102 Å². The minimum Gasteiger partial charge on any atom is -0.462 e. The maximum atomic E-state index is 16.8. The van der Waals surface area contributed by atoms with E-state index >= 15 is 4.39 Å². The van der Waals surface area contributed by atoms with E-state index in [1.54, 1.807) is 6.20 Å². The number of ether oxygens (including phenoxy) is 2. The summed E-state index contributed by atoms with van der Waals surface area (Å²) < 4.78 is 28.8. The average Bonchev–Trinajstić information content (AvgIpc) is 3.63. The van der Waals surface area contributed by atoms with Crippen molar-refractivity contribution in [2.24, 2.45) is 0 Å². The lowest BCUT2D eigenvalue weighted by molar-refractivity contribution is 0.0122. The number of amides is 1. The first-order chi connectivity index (χ1) is 21.4. The second-order valence-electron chi connectivity index (χ2n) is 15.0. The number of halogens is 1. The number of carbonyl (C=O) groups is 1. The van der Waals surface area contributed by atoms with Crippen LogP contribution in [0.4, 0.5) is 15.0 Å². The fraction of sp³-hybridized carbons (Fsp3) is 0.600. The number of carbonyl (C=O) groups excluding carboxylic acids is 1. The number of likely N-dealkylation sites (N-methyl/N-ethyl adjacent to an activating group) is 1. The predicted octanol–water partition coefficient (Wildman–Crippen LogP) is 6.12. The van der Waals surface area contributed by atoms with Crippen LogP contribution in [0.2, 0.25) is 0 Å². The molecule has 3 saturated heterocycles. The highest BCUT2D eigenvalue weighted by atomic mass is 19.1. The number of piperazine rings is 1. The summed E-state index contributed by atoms with van der Waals surface area (Å²) in [6.07, 6.45) is 7.38. The van der Waals surface area contributed by atoms with Gasteiger partial charge in [0.05, 0.1) is 17.5 Å². The number of fused-ring (bicyclic) bond motifs is 4. The molecule has 1 aromatic carbocycles. The van der Waals surface area contributed by atoms with Crippen molar-refractivity contribution in [3.63, 3.8) is 0 Å². The molecule has 240 valence electrons. The molecule has 5 heterocycles. The van der Waals surface area contributed by atoms with E-state index in [4.69, 9.17) is 24.4 Å². The van der Waals surface area contributed by atoms with Gasteiger partial charge in [-0.3, -0.25) is 9.88 Å². The van der Waals surface area contributed by atoms with Gasteiger partial charge in [-0.2, -0.15) is 9.97 Å². The van der Waals surface area contributed by atoms with E-state index < -0.39 is 11.4 Å². The standard InChI is InChI=1S/C35H45FN6O3/c1-34(2,3)45-33(43)42-22-12-13-23(42)19-41(18-22)31-26-17-37-29(25-11-7-9-21-14-15-35(4,5)27(21)25)28(36)30(26)38-32(39-31)44-20-24-10-8-16-40(24)6/h7,9,11,17,22-24H,8,10,12-16,18-20H2,1-6H3/t22-,23+,24-/m0/s1. The highest BCUT2D eigenvalue weighted by molar-refractivity contribution is 5.92. The Hall–Kier alpha value is -3.53. The zero-order valence-corrected chi connectivity index (χ0v) is 27.4. The Balaban J connectivity index is 1.28. The molecular weight excluding hydrogens is 571 g/mol. The van der Waals surface area contributed by atoms with E-state index in [9.17, 15) is 4.79 Å². The van der Waals surface area contributed by atoms with E-state index in [2.05, 4.69) is 36.8 Å². The third-order valence-corrected chi connectivity index (χ3v) is 10.2. The van der Waals surface area contributed by atoms with Crippen LogP contribution in [0.1, 0.15) is 77.8 Å². The van der Waals surface area contributed by atoms with Crippen molar-refractivity contribution >= 4 is 22.8 Å². The van der Waals surface area contributed by atoms with Crippen LogP contribution in [0.25, 0.3) is 22.2 Å². The summed E-state index contributed by atoms with van der Waals surface area (Å²) in [6.45, 7) is 12.7. The highest BCUT2D eigenvalue weighted by Gasteiger charge is 2.45. The average molecular weight is 617 g/mol. The van der Waals surface area contributed by atoms with E-state index in [-0.39, 0.29) is 41.2 Å². The molecule has 3 aromatic rings. The third kappa shape index (κ3) is 5.49. The van der Waals surface area contributed by atoms with Crippen LogP contribution in [-0.2, 0) is 16.6 Å². The van der Waals surface area contributed by atoms with Crippen LogP contribution in [0.5, 0.6) is 6.01 Å². The molecular formula is C35H45FN6O3. The maximum Gasteiger partial charge on any atom is 0.410 e. The molecule has 1 amide bonds. The Bertz CT molecular complexity index is 1620. The largest absolute Gasteiger partial charge is 0.462 e. The number of rotatable bonds is 5. The molecule has 9 nitrogen and oxygen atoms in total. The van der Waals surface area contributed by atoms with Gasteiger partial charge >= 0.3 is 12.1 Å². The summed E-state index contributed by atoms with van der Waals surface area (Å²) in [5.74, 6) is 0.150. The van der Waals surface area contributed by atoms with Gasteiger partial charge in [-0.25, -0.2) is 9.18 Å². The Morgan fingerprint density at radius 1 is 1.11 bits per heavy atom. The summed E-state index contributed by atoms with van der Waals surface area (Å²) >= 11 is 0. The van der Waals surface area contributed by atoms with Gasteiger partial charge < -0.3 is 19.3 Å². The van der Waals surface area contributed by atoms with Crippen molar-refractivity contribution < 1.29 is 18.7 Å². The highest BCUT2D eigenvalue weighted by Crippen LogP contribution is 2.45. The van der Waals surface area contributed by atoms with Crippen LogP contribution in [0.3, 0.4) is 0 Å². The normalized spacial score (nSPS) is 24.4. The summed E-state index contributed by atoms with van der Waals surface area (Å²) in [7, 11) is 2.10. The molecule has 0 N–H and O–H groups in total. The molecule has 0 unspecified atom stereocenters. The molecule has 2 bridgehead atoms. The Labute approximate surface area is 265 Å². The lowest BCUT2D eigenvalue weighted by Gasteiger charge is -2.42. The zero-order valence-electron chi connectivity index (χ0n) is 27.4. The summed E-state index contributed by atoms with van der Waals surface area (Å²) in [5.41, 5.74) is 3.15. The number of benzene rings is 1. The number of aryl methyl sites for hydroxylation is 1. The summed E-state index contributed by atoms with van der Waals surface area (Å²) in [6, 6.07) is 6.52. The number of hydrogen-bond acceptors (Lipinski definition) is 8. The molecule has 0 saturated carbocycles. The molecule has 2 aromatic heterocycles. The van der Waals surface area contributed by atoms with Crippen LogP contribution in [0, 0.1) is 5.82 Å². The zero-order chi connectivity index (χ0) is 31.7.